The van der Waals surface area contributed by atoms with Crippen LogP contribution in [0.5, 0.6) is 0 Å². The van der Waals surface area contributed by atoms with Gasteiger partial charge in [-0.1, -0.05) is 61.9 Å². The zero-order valence-corrected chi connectivity index (χ0v) is 10.00. The highest BCUT2D eigenvalue weighted by Gasteiger charge is 2.02. The van der Waals surface area contributed by atoms with E-state index >= 15 is 0 Å². The average Bonchev–Trinajstić information content (AvgIpc) is 2.32. The number of hydrogen-bond donors (Lipinski definition) is 0. The molecule has 16 heavy (non-hydrogen) atoms. The van der Waals surface area contributed by atoms with E-state index in [2.05, 4.69) is 0 Å². The molecule has 0 unspecified atom stereocenters. The first-order valence-electron chi connectivity index (χ1n) is 5.59. The summed E-state index contributed by atoms with van der Waals surface area (Å²) in [7, 11) is 0. The Kier molecular flexibility index (Phi) is 4.71. The van der Waals surface area contributed by atoms with Gasteiger partial charge in [0.1, 0.15) is 5.82 Å². The van der Waals surface area contributed by atoms with Crippen LogP contribution >= 0.6 is 0 Å². The smallest absolute Gasteiger partial charge is 0.131 e. The molecule has 0 radical (unpaired) electrons. The third-order valence-electron chi connectivity index (χ3n) is 2.20. The zero-order valence-electron chi connectivity index (χ0n) is 10.00. The predicted octanol–water partition coefficient (Wildman–Crippen LogP) is 4.83. The Labute approximate surface area is 96.8 Å². The number of aryl methyl sites for hydroxylation is 1. The Bertz CT molecular complexity index is 447. The zero-order chi connectivity index (χ0) is 12.0. The third-order valence-corrected chi connectivity index (χ3v) is 2.20. The van der Waals surface area contributed by atoms with Crippen molar-refractivity contribution in [2.75, 3.05) is 0 Å². The maximum absolute atomic E-state index is 13.4. The van der Waals surface area contributed by atoms with Crippen LogP contribution in [0.25, 0.3) is 11.1 Å². The van der Waals surface area contributed by atoms with Gasteiger partial charge in [0.2, 0.25) is 0 Å². The van der Waals surface area contributed by atoms with Crippen LogP contribution in [0, 0.1) is 12.7 Å². The molecule has 0 heterocycles. The van der Waals surface area contributed by atoms with Crippen molar-refractivity contribution in [1.29, 1.82) is 0 Å². The molecule has 0 spiro atoms. The van der Waals surface area contributed by atoms with Gasteiger partial charge in [0.15, 0.2) is 0 Å². The van der Waals surface area contributed by atoms with Gasteiger partial charge in [0, 0.05) is 5.56 Å². The maximum Gasteiger partial charge on any atom is 0.131 e. The fourth-order valence-corrected chi connectivity index (χ4v) is 1.51. The number of rotatable bonds is 1. The lowest BCUT2D eigenvalue weighted by atomic mass is 10.0. The lowest BCUT2D eigenvalue weighted by Crippen LogP contribution is -1.83. The Balaban J connectivity index is 0.000000606. The first kappa shape index (κ1) is 12.4. The van der Waals surface area contributed by atoms with Crippen LogP contribution in [0.1, 0.15) is 19.4 Å². The second-order valence-corrected chi connectivity index (χ2v) is 3.35. The minimum absolute atomic E-state index is 0.168. The Hall–Kier alpha value is -1.63. The molecule has 1 heteroatoms. The number of benzene rings is 2. The fourth-order valence-electron chi connectivity index (χ4n) is 1.51. The Morgan fingerprint density at radius 1 is 0.875 bits per heavy atom. The Morgan fingerprint density at radius 2 is 1.56 bits per heavy atom. The molecule has 84 valence electrons. The summed E-state index contributed by atoms with van der Waals surface area (Å²) >= 11 is 0. The summed E-state index contributed by atoms with van der Waals surface area (Å²) in [5, 5.41) is 0. The molecule has 0 amide bonds. The van der Waals surface area contributed by atoms with E-state index in [0.29, 0.717) is 5.56 Å². The van der Waals surface area contributed by atoms with Gasteiger partial charge in [0.25, 0.3) is 0 Å². The van der Waals surface area contributed by atoms with E-state index in [4.69, 9.17) is 0 Å². The van der Waals surface area contributed by atoms with E-state index in [-0.39, 0.29) is 5.82 Å². The molecule has 0 atom stereocenters. The van der Waals surface area contributed by atoms with Crippen molar-refractivity contribution in [3.63, 3.8) is 0 Å². The van der Waals surface area contributed by atoms with Crippen molar-refractivity contribution >= 4 is 0 Å². The minimum Gasteiger partial charge on any atom is -0.206 e. The molecule has 2 aromatic carbocycles. The van der Waals surface area contributed by atoms with Crippen molar-refractivity contribution in [2.24, 2.45) is 0 Å². The van der Waals surface area contributed by atoms with Crippen molar-refractivity contribution < 1.29 is 4.39 Å². The summed E-state index contributed by atoms with van der Waals surface area (Å²) in [6.07, 6.45) is 0. The molecule has 2 rings (SSSR count). The summed E-state index contributed by atoms with van der Waals surface area (Å²) in [4.78, 5) is 0. The molecule has 0 nitrogen and oxygen atoms in total. The molecule has 0 saturated heterocycles. The first-order valence-corrected chi connectivity index (χ1v) is 5.59. The highest BCUT2D eigenvalue weighted by atomic mass is 19.1. The van der Waals surface area contributed by atoms with Crippen LogP contribution in [-0.2, 0) is 0 Å². The van der Waals surface area contributed by atoms with Crippen LogP contribution in [0.2, 0.25) is 0 Å². The van der Waals surface area contributed by atoms with Crippen molar-refractivity contribution in [2.45, 2.75) is 20.8 Å². The summed E-state index contributed by atoms with van der Waals surface area (Å²) < 4.78 is 13.4. The van der Waals surface area contributed by atoms with E-state index < -0.39 is 0 Å². The van der Waals surface area contributed by atoms with Crippen LogP contribution in [0.3, 0.4) is 0 Å². The third kappa shape index (κ3) is 2.93. The lowest BCUT2D eigenvalue weighted by molar-refractivity contribution is 0.631. The molecular formula is C15H17F. The molecule has 0 saturated carbocycles. The second-order valence-electron chi connectivity index (χ2n) is 3.35. The van der Waals surface area contributed by atoms with Crippen molar-refractivity contribution in [1.82, 2.24) is 0 Å². The topological polar surface area (TPSA) is 0 Å². The molecule has 0 aliphatic rings. The SMILES string of the molecule is CC.Cc1cccc(-c2ccccc2F)c1. The molecule has 0 aromatic heterocycles. The standard InChI is InChI=1S/C13H11F.C2H6/c1-10-5-4-6-11(9-10)12-7-2-3-8-13(12)14;1-2/h2-9H,1H3;1-2H3. The monoisotopic (exact) mass is 216 g/mol. The van der Waals surface area contributed by atoms with Crippen LogP contribution in [-0.4, -0.2) is 0 Å². The maximum atomic E-state index is 13.4. The van der Waals surface area contributed by atoms with Gasteiger partial charge >= 0.3 is 0 Å². The molecule has 0 aliphatic carbocycles. The number of hydrogen-bond acceptors (Lipinski definition) is 0. The quantitative estimate of drug-likeness (QED) is 0.640. The fraction of sp³-hybridized carbons (Fsp3) is 0.200. The Morgan fingerprint density at radius 3 is 2.19 bits per heavy atom. The van der Waals surface area contributed by atoms with Gasteiger partial charge in [-0.2, -0.15) is 0 Å². The molecule has 0 bridgehead atoms. The van der Waals surface area contributed by atoms with Crippen molar-refractivity contribution in [3.8, 4) is 11.1 Å². The lowest BCUT2D eigenvalue weighted by Gasteiger charge is -2.03. The van der Waals surface area contributed by atoms with Crippen LogP contribution in [0.4, 0.5) is 4.39 Å². The molecular weight excluding hydrogens is 199 g/mol. The molecule has 0 N–H and O–H groups in total. The van der Waals surface area contributed by atoms with Crippen LogP contribution < -0.4 is 0 Å². The van der Waals surface area contributed by atoms with Crippen molar-refractivity contribution in [3.05, 3.63) is 59.9 Å². The van der Waals surface area contributed by atoms with E-state index in [9.17, 15) is 4.39 Å². The number of halogens is 1. The van der Waals surface area contributed by atoms with E-state index in [1.807, 2.05) is 51.1 Å². The van der Waals surface area contributed by atoms with Gasteiger partial charge in [0.05, 0.1) is 0 Å². The molecule has 0 fully saturated rings. The largest absolute Gasteiger partial charge is 0.206 e. The average molecular weight is 216 g/mol. The van der Waals surface area contributed by atoms with E-state index in [0.717, 1.165) is 11.1 Å². The van der Waals surface area contributed by atoms with Gasteiger partial charge in [-0.3, -0.25) is 0 Å². The molecule has 2 aromatic rings. The van der Waals surface area contributed by atoms with Gasteiger partial charge < -0.3 is 0 Å². The summed E-state index contributed by atoms with van der Waals surface area (Å²) in [5.41, 5.74) is 2.74. The second kappa shape index (κ2) is 6.06. The molecule has 0 aliphatic heterocycles. The van der Waals surface area contributed by atoms with E-state index in [1.54, 1.807) is 12.1 Å². The van der Waals surface area contributed by atoms with E-state index in [1.165, 1.54) is 6.07 Å². The highest BCUT2D eigenvalue weighted by molar-refractivity contribution is 5.64. The van der Waals surface area contributed by atoms with Gasteiger partial charge in [-0.15, -0.1) is 0 Å². The first-order chi connectivity index (χ1) is 7.77. The normalized spacial score (nSPS) is 9.25. The van der Waals surface area contributed by atoms with Crippen LogP contribution in [0.15, 0.2) is 48.5 Å². The highest BCUT2D eigenvalue weighted by Crippen LogP contribution is 2.22. The summed E-state index contributed by atoms with van der Waals surface area (Å²) in [6.45, 7) is 6.00. The minimum atomic E-state index is -0.168. The predicted molar refractivity (Wildman–Crippen MR) is 67.9 cm³/mol. The van der Waals surface area contributed by atoms with Gasteiger partial charge in [-0.05, 0) is 18.6 Å². The summed E-state index contributed by atoms with van der Waals surface area (Å²) in [6, 6.07) is 14.7. The summed E-state index contributed by atoms with van der Waals surface area (Å²) in [5.74, 6) is -0.168. The van der Waals surface area contributed by atoms with Gasteiger partial charge in [-0.25, -0.2) is 4.39 Å².